The third-order valence-electron chi connectivity index (χ3n) is 12.9. The van der Waals surface area contributed by atoms with E-state index >= 15 is 0 Å². The van der Waals surface area contributed by atoms with Gasteiger partial charge < -0.3 is 44.6 Å². The molecule has 6 aromatic rings. The first-order chi connectivity index (χ1) is 31.7. The molecule has 0 unspecified atom stereocenters. The van der Waals surface area contributed by atoms with Gasteiger partial charge in [-0.1, -0.05) is 91.0 Å². The summed E-state index contributed by atoms with van der Waals surface area (Å²) in [6.07, 6.45) is 5.83. The standard InChI is InChI=1S/C50H52N8O7/c1-30-24-42(58(29-30)48(60)43(55-49(61)63-2)33-8-5-4-6-9-33)46-52-27-39(53-46)32-13-11-31(12-14-32)35-15-16-37-26-38(18-17-36(37)25-35)40-28-51-45(54-40)41-10-7-21-57(41)47(59)44(56-50(62)64-3)34-19-22-65-23-20-34/h4-6,8-9,11-18,25-28,34,41-44H,1,7,10,19-24,29H2,2-3H3,(H,51,54)(H,52,53)(H,55,61)(H,56,62)/t41-,42-,43+,44-/m0/s1. The van der Waals surface area contributed by atoms with Crippen LogP contribution in [0.2, 0.25) is 0 Å². The lowest BCUT2D eigenvalue weighted by molar-refractivity contribution is -0.137. The number of H-pyrrole nitrogens is 2. The number of aromatic nitrogens is 4. The van der Waals surface area contributed by atoms with E-state index in [-0.39, 0.29) is 29.8 Å². The van der Waals surface area contributed by atoms with Crippen molar-refractivity contribution in [3.8, 4) is 33.6 Å². The maximum Gasteiger partial charge on any atom is 0.407 e. The molecule has 65 heavy (non-hydrogen) atoms. The van der Waals surface area contributed by atoms with E-state index in [1.807, 2.05) is 29.3 Å². The van der Waals surface area contributed by atoms with Crippen molar-refractivity contribution >= 4 is 34.8 Å². The first-order valence-electron chi connectivity index (χ1n) is 22.0. The van der Waals surface area contributed by atoms with Crippen molar-refractivity contribution in [3.05, 3.63) is 133 Å². The Hall–Kier alpha value is -7.26. The van der Waals surface area contributed by atoms with Gasteiger partial charge in [-0.3, -0.25) is 9.59 Å². The molecule has 0 bridgehead atoms. The Bertz CT molecular complexity index is 2710. The minimum absolute atomic E-state index is 0.0334. The number of nitrogens with zero attached hydrogens (tertiary/aromatic N) is 4. The molecule has 334 valence electrons. The number of rotatable bonds is 11. The second-order valence-electron chi connectivity index (χ2n) is 16.9. The number of hydrogen-bond donors (Lipinski definition) is 4. The van der Waals surface area contributed by atoms with Crippen LogP contribution in [0.5, 0.6) is 0 Å². The predicted octanol–water partition coefficient (Wildman–Crippen LogP) is 8.03. The number of alkyl carbamates (subject to hydrolysis) is 2. The van der Waals surface area contributed by atoms with Gasteiger partial charge in [0.2, 0.25) is 5.91 Å². The number of imidazole rings is 2. The van der Waals surface area contributed by atoms with Crippen molar-refractivity contribution in [2.24, 2.45) is 5.92 Å². The second-order valence-corrected chi connectivity index (χ2v) is 16.9. The number of aromatic amines is 2. The Balaban J connectivity index is 0.876. The van der Waals surface area contributed by atoms with Crippen LogP contribution < -0.4 is 10.6 Å². The molecule has 0 radical (unpaired) electrons. The predicted molar refractivity (Wildman–Crippen MR) is 244 cm³/mol. The zero-order chi connectivity index (χ0) is 45.0. The van der Waals surface area contributed by atoms with E-state index < -0.39 is 24.3 Å². The van der Waals surface area contributed by atoms with Crippen LogP contribution in [0.3, 0.4) is 0 Å². The van der Waals surface area contributed by atoms with Crippen molar-refractivity contribution < 1.29 is 33.4 Å². The summed E-state index contributed by atoms with van der Waals surface area (Å²) in [5.41, 5.74) is 7.29. The molecule has 15 nitrogen and oxygen atoms in total. The quantitative estimate of drug-likeness (QED) is 0.0937. The largest absolute Gasteiger partial charge is 0.453 e. The van der Waals surface area contributed by atoms with E-state index in [4.69, 9.17) is 24.2 Å². The van der Waals surface area contributed by atoms with Crippen LogP contribution in [-0.4, -0.2) is 100 Å². The fourth-order valence-corrected chi connectivity index (χ4v) is 9.40. The smallest absolute Gasteiger partial charge is 0.407 e. The molecule has 15 heteroatoms. The summed E-state index contributed by atoms with van der Waals surface area (Å²) < 4.78 is 15.3. The highest BCUT2D eigenvalue weighted by Gasteiger charge is 2.41. The van der Waals surface area contributed by atoms with Crippen molar-refractivity contribution in [1.82, 2.24) is 40.4 Å². The van der Waals surface area contributed by atoms with E-state index in [1.165, 1.54) is 14.2 Å². The normalized spacial score (nSPS) is 18.6. The average molecular weight is 877 g/mol. The molecule has 3 fully saturated rings. The minimum atomic E-state index is -0.935. The molecule has 4 atom stereocenters. The van der Waals surface area contributed by atoms with Crippen LogP contribution in [0.4, 0.5) is 9.59 Å². The molecule has 2 aromatic heterocycles. The molecule has 4 N–H and O–H groups in total. The molecule has 4 amide bonds. The molecule has 0 spiro atoms. The van der Waals surface area contributed by atoms with E-state index in [2.05, 4.69) is 87.8 Å². The summed E-state index contributed by atoms with van der Waals surface area (Å²) in [7, 11) is 2.58. The van der Waals surface area contributed by atoms with Crippen LogP contribution in [0.1, 0.15) is 67.4 Å². The SMILES string of the molecule is C=C1C[C@@H](c2ncc(-c3ccc(-c4ccc5cc(-c6cnc([C@@H]7CCCN7C(=O)[C@@H](NC(=O)OC)C7CCOCC7)[nH]6)ccc5c4)cc3)[nH]2)N(C(=O)[C@H](NC(=O)OC)c2ccccc2)C1. The zero-order valence-electron chi connectivity index (χ0n) is 36.4. The summed E-state index contributed by atoms with van der Waals surface area (Å²) in [4.78, 5) is 72.7. The molecule has 3 saturated heterocycles. The Morgan fingerprint density at radius 2 is 1.31 bits per heavy atom. The van der Waals surface area contributed by atoms with Crippen molar-refractivity contribution in [1.29, 1.82) is 0 Å². The van der Waals surface area contributed by atoms with Gasteiger partial charge in [-0.15, -0.1) is 0 Å². The molecular weight excluding hydrogens is 825 g/mol. The van der Waals surface area contributed by atoms with E-state index in [1.54, 1.807) is 23.2 Å². The molecule has 9 rings (SSSR count). The maximum absolute atomic E-state index is 14.0. The summed E-state index contributed by atoms with van der Waals surface area (Å²) in [5, 5.41) is 7.69. The number of benzene rings is 4. The highest BCUT2D eigenvalue weighted by molar-refractivity contribution is 5.91. The number of ether oxygens (including phenoxy) is 3. The molecule has 0 aliphatic carbocycles. The van der Waals surface area contributed by atoms with E-state index in [9.17, 15) is 19.2 Å². The van der Waals surface area contributed by atoms with Gasteiger partial charge in [-0.25, -0.2) is 19.6 Å². The van der Waals surface area contributed by atoms with Gasteiger partial charge in [-0.2, -0.15) is 0 Å². The molecule has 4 aromatic carbocycles. The first kappa shape index (κ1) is 43.0. The highest BCUT2D eigenvalue weighted by atomic mass is 16.5. The van der Waals surface area contributed by atoms with Crippen LogP contribution in [0.15, 0.2) is 116 Å². The fraction of sp³-hybridized carbons (Fsp3) is 0.320. The number of fused-ring (bicyclic) bond motifs is 1. The number of nitrogens with one attached hydrogen (secondary N) is 4. The fourth-order valence-electron chi connectivity index (χ4n) is 9.40. The molecule has 5 heterocycles. The average Bonchev–Trinajstić information content (AvgIpc) is 4.20. The molecular formula is C50H52N8O7. The van der Waals surface area contributed by atoms with Crippen molar-refractivity contribution in [2.45, 2.75) is 56.3 Å². The van der Waals surface area contributed by atoms with Crippen LogP contribution in [-0.2, 0) is 23.8 Å². The Labute approximate surface area is 376 Å². The van der Waals surface area contributed by atoms with Crippen molar-refractivity contribution in [2.75, 3.05) is 40.5 Å². The maximum atomic E-state index is 14.0. The summed E-state index contributed by atoms with van der Waals surface area (Å²) in [6, 6.07) is 27.9. The van der Waals surface area contributed by atoms with E-state index in [0.29, 0.717) is 57.0 Å². The molecule has 3 aliphatic rings. The third-order valence-corrected chi connectivity index (χ3v) is 12.9. The van der Waals surface area contributed by atoms with Gasteiger partial charge in [-0.05, 0) is 83.2 Å². The number of amides is 4. The van der Waals surface area contributed by atoms with Gasteiger partial charge >= 0.3 is 12.2 Å². The second kappa shape index (κ2) is 18.8. The van der Waals surface area contributed by atoms with Gasteiger partial charge in [0.05, 0.1) is 50.1 Å². The van der Waals surface area contributed by atoms with Gasteiger partial charge in [0, 0.05) is 31.9 Å². The summed E-state index contributed by atoms with van der Waals surface area (Å²) in [6.45, 7) is 6.22. The number of carbonyl (C=O) groups excluding carboxylic acids is 4. The first-order valence-corrected chi connectivity index (χ1v) is 22.0. The third kappa shape index (κ3) is 9.09. The van der Waals surface area contributed by atoms with Crippen LogP contribution >= 0.6 is 0 Å². The van der Waals surface area contributed by atoms with E-state index in [0.717, 1.165) is 68.7 Å². The minimum Gasteiger partial charge on any atom is -0.453 e. The number of carbonyl (C=O) groups is 4. The number of methoxy groups -OCH3 is 2. The van der Waals surface area contributed by atoms with Gasteiger partial charge in [0.15, 0.2) is 0 Å². The lowest BCUT2D eigenvalue weighted by Crippen LogP contribution is -2.53. The number of likely N-dealkylation sites (tertiary alicyclic amines) is 2. The summed E-state index contributed by atoms with van der Waals surface area (Å²) in [5.74, 6) is 0.939. The Morgan fingerprint density at radius 1 is 0.708 bits per heavy atom. The number of hydrogen-bond acceptors (Lipinski definition) is 9. The monoisotopic (exact) mass is 876 g/mol. The van der Waals surface area contributed by atoms with Crippen molar-refractivity contribution in [3.63, 3.8) is 0 Å². The Morgan fingerprint density at radius 3 is 2.00 bits per heavy atom. The van der Waals surface area contributed by atoms with Crippen LogP contribution in [0.25, 0.3) is 44.4 Å². The van der Waals surface area contributed by atoms with Gasteiger partial charge in [0.1, 0.15) is 23.7 Å². The topological polar surface area (TPSA) is 184 Å². The van der Waals surface area contributed by atoms with Gasteiger partial charge in [0.25, 0.3) is 5.91 Å². The lowest BCUT2D eigenvalue weighted by atomic mass is 9.90. The Kier molecular flexibility index (Phi) is 12.5. The highest BCUT2D eigenvalue weighted by Crippen LogP contribution is 2.38. The summed E-state index contributed by atoms with van der Waals surface area (Å²) >= 11 is 0. The van der Waals surface area contributed by atoms with Crippen LogP contribution in [0, 0.1) is 5.92 Å². The molecule has 3 aliphatic heterocycles. The zero-order valence-corrected chi connectivity index (χ0v) is 36.4. The molecule has 0 saturated carbocycles. The lowest BCUT2D eigenvalue weighted by Gasteiger charge is -2.34.